The lowest BCUT2D eigenvalue weighted by atomic mass is 10.1. The molecule has 54 valence electrons. The summed E-state index contributed by atoms with van der Waals surface area (Å²) in [4.78, 5) is 8.22. The summed E-state index contributed by atoms with van der Waals surface area (Å²) in [6.07, 6.45) is 3.50. The second kappa shape index (κ2) is 3.10. The predicted molar refractivity (Wildman–Crippen MR) is 43.8 cm³/mol. The highest BCUT2D eigenvalue weighted by atomic mass is 79.9. The fourth-order valence-electron chi connectivity index (χ4n) is 0.620. The molecule has 0 fully saturated rings. The first-order valence-corrected chi connectivity index (χ1v) is 3.97. The molecule has 0 aliphatic rings. The molecule has 1 aromatic rings. The first kappa shape index (κ1) is 7.66. The lowest BCUT2D eigenvalue weighted by molar-refractivity contribution is 0.809. The van der Waals surface area contributed by atoms with E-state index in [0.29, 0.717) is 5.92 Å². The lowest BCUT2D eigenvalue weighted by Crippen LogP contribution is -1.92. The average Bonchev–Trinajstić information content (AvgIpc) is 1.88. The summed E-state index contributed by atoms with van der Waals surface area (Å²) >= 11 is 3.22. The van der Waals surface area contributed by atoms with Gasteiger partial charge in [0.05, 0.1) is 11.9 Å². The van der Waals surface area contributed by atoms with E-state index in [-0.39, 0.29) is 0 Å². The highest BCUT2D eigenvalue weighted by molar-refractivity contribution is 9.10. The molecule has 0 aromatic carbocycles. The Kier molecular flexibility index (Phi) is 2.38. The molecule has 0 atom stereocenters. The van der Waals surface area contributed by atoms with Crippen LogP contribution in [0.1, 0.15) is 25.5 Å². The summed E-state index contributed by atoms with van der Waals surface area (Å²) in [5.41, 5.74) is 1.03. The van der Waals surface area contributed by atoms with Gasteiger partial charge in [0.25, 0.3) is 0 Å². The van der Waals surface area contributed by atoms with Gasteiger partial charge in [-0.1, -0.05) is 13.8 Å². The van der Waals surface area contributed by atoms with E-state index in [9.17, 15) is 0 Å². The summed E-state index contributed by atoms with van der Waals surface area (Å²) in [6.45, 7) is 4.19. The van der Waals surface area contributed by atoms with Crippen molar-refractivity contribution in [2.75, 3.05) is 0 Å². The van der Waals surface area contributed by atoms with Crippen molar-refractivity contribution in [3.8, 4) is 0 Å². The minimum atomic E-state index is 0.459. The molecule has 1 heterocycles. The van der Waals surface area contributed by atoms with Gasteiger partial charge in [0.1, 0.15) is 4.60 Å². The maximum Gasteiger partial charge on any atom is 0.124 e. The molecule has 1 aromatic heterocycles. The van der Waals surface area contributed by atoms with Gasteiger partial charge in [-0.3, -0.25) is 4.98 Å². The van der Waals surface area contributed by atoms with Crippen molar-refractivity contribution in [3.63, 3.8) is 0 Å². The van der Waals surface area contributed by atoms with Crippen LogP contribution in [0.25, 0.3) is 0 Å². The van der Waals surface area contributed by atoms with Gasteiger partial charge in [-0.25, -0.2) is 4.98 Å². The summed E-state index contributed by atoms with van der Waals surface area (Å²) in [7, 11) is 0. The molecular weight excluding hydrogens is 192 g/mol. The van der Waals surface area contributed by atoms with Crippen LogP contribution >= 0.6 is 15.9 Å². The van der Waals surface area contributed by atoms with Crippen molar-refractivity contribution >= 4 is 15.9 Å². The fourth-order valence-corrected chi connectivity index (χ4v) is 0.825. The number of halogens is 1. The van der Waals surface area contributed by atoms with Crippen LogP contribution < -0.4 is 0 Å². The normalized spacial score (nSPS) is 10.4. The molecule has 0 amide bonds. The van der Waals surface area contributed by atoms with Gasteiger partial charge in [0.15, 0.2) is 0 Å². The minimum absolute atomic E-state index is 0.459. The Morgan fingerprint density at radius 1 is 1.30 bits per heavy atom. The number of aromatic nitrogens is 2. The first-order valence-electron chi connectivity index (χ1n) is 3.17. The van der Waals surface area contributed by atoms with E-state index in [0.717, 1.165) is 10.3 Å². The topological polar surface area (TPSA) is 25.8 Å². The third-order valence-electron chi connectivity index (χ3n) is 1.23. The molecule has 10 heavy (non-hydrogen) atoms. The van der Waals surface area contributed by atoms with Gasteiger partial charge >= 0.3 is 0 Å². The van der Waals surface area contributed by atoms with E-state index >= 15 is 0 Å². The second-order valence-electron chi connectivity index (χ2n) is 2.42. The summed E-state index contributed by atoms with van der Waals surface area (Å²) in [6, 6.07) is 0. The van der Waals surface area contributed by atoms with E-state index in [1.54, 1.807) is 12.4 Å². The molecule has 1 rings (SSSR count). The second-order valence-corrected chi connectivity index (χ2v) is 3.23. The Morgan fingerprint density at radius 2 is 2.00 bits per heavy atom. The van der Waals surface area contributed by atoms with Crippen molar-refractivity contribution in [3.05, 3.63) is 22.7 Å². The Morgan fingerprint density at radius 3 is 2.40 bits per heavy atom. The van der Waals surface area contributed by atoms with Gasteiger partial charge in [-0.05, 0) is 21.8 Å². The summed E-state index contributed by atoms with van der Waals surface area (Å²) in [5, 5.41) is 0. The van der Waals surface area contributed by atoms with Crippen LogP contribution in [0.4, 0.5) is 0 Å². The largest absolute Gasteiger partial charge is 0.257 e. The fraction of sp³-hybridized carbons (Fsp3) is 0.429. The van der Waals surface area contributed by atoms with Crippen molar-refractivity contribution in [1.29, 1.82) is 0 Å². The maximum atomic E-state index is 4.17. The van der Waals surface area contributed by atoms with Crippen molar-refractivity contribution in [2.45, 2.75) is 19.8 Å². The number of rotatable bonds is 1. The zero-order valence-electron chi connectivity index (χ0n) is 6.00. The van der Waals surface area contributed by atoms with Crippen LogP contribution in [0.5, 0.6) is 0 Å². The average molecular weight is 201 g/mol. The molecule has 0 aliphatic carbocycles. The monoisotopic (exact) mass is 200 g/mol. The molecule has 3 heteroatoms. The quantitative estimate of drug-likeness (QED) is 0.696. The number of nitrogens with zero attached hydrogens (tertiary/aromatic N) is 2. The van der Waals surface area contributed by atoms with Gasteiger partial charge in [0, 0.05) is 6.20 Å². The summed E-state index contributed by atoms with van der Waals surface area (Å²) in [5.74, 6) is 0.459. The predicted octanol–water partition coefficient (Wildman–Crippen LogP) is 2.36. The third kappa shape index (κ3) is 1.77. The molecule has 0 aliphatic heterocycles. The molecule has 0 unspecified atom stereocenters. The Bertz CT molecular complexity index is 205. The van der Waals surface area contributed by atoms with E-state index in [2.05, 4.69) is 39.7 Å². The molecule has 0 radical (unpaired) electrons. The van der Waals surface area contributed by atoms with Crippen molar-refractivity contribution < 1.29 is 0 Å². The standard InChI is InChI=1S/C7H9BrN2/c1-5(2)6-3-10-7(8)4-9-6/h3-5H,1-2H3. The molecule has 0 saturated carbocycles. The Labute approximate surface area is 68.8 Å². The molecule has 0 N–H and O–H groups in total. The molecule has 0 spiro atoms. The van der Waals surface area contributed by atoms with Crippen molar-refractivity contribution in [2.24, 2.45) is 0 Å². The van der Waals surface area contributed by atoms with Crippen LogP contribution in [0.15, 0.2) is 17.0 Å². The zero-order valence-corrected chi connectivity index (χ0v) is 7.59. The maximum absolute atomic E-state index is 4.17. The first-order chi connectivity index (χ1) is 4.70. The molecule has 0 bridgehead atoms. The molecule has 0 saturated heterocycles. The molecular formula is C7H9BrN2. The minimum Gasteiger partial charge on any atom is -0.257 e. The lowest BCUT2D eigenvalue weighted by Gasteiger charge is -2.00. The van der Waals surface area contributed by atoms with E-state index in [4.69, 9.17) is 0 Å². The number of hydrogen-bond acceptors (Lipinski definition) is 2. The Balaban J connectivity index is 2.89. The van der Waals surface area contributed by atoms with Gasteiger partial charge in [-0.2, -0.15) is 0 Å². The highest BCUT2D eigenvalue weighted by Gasteiger charge is 1.98. The Hall–Kier alpha value is -0.440. The zero-order chi connectivity index (χ0) is 7.56. The SMILES string of the molecule is CC(C)c1cnc(Br)cn1. The highest BCUT2D eigenvalue weighted by Crippen LogP contribution is 2.10. The molecule has 2 nitrogen and oxygen atoms in total. The van der Waals surface area contributed by atoms with E-state index < -0.39 is 0 Å². The van der Waals surface area contributed by atoms with E-state index in [1.165, 1.54) is 0 Å². The van der Waals surface area contributed by atoms with Crippen LogP contribution in [0, 0.1) is 0 Å². The van der Waals surface area contributed by atoms with Crippen LogP contribution in [-0.4, -0.2) is 9.97 Å². The van der Waals surface area contributed by atoms with Gasteiger partial charge < -0.3 is 0 Å². The van der Waals surface area contributed by atoms with Crippen LogP contribution in [0.3, 0.4) is 0 Å². The van der Waals surface area contributed by atoms with E-state index in [1.807, 2.05) is 0 Å². The smallest absolute Gasteiger partial charge is 0.124 e. The summed E-state index contributed by atoms with van der Waals surface area (Å²) < 4.78 is 0.789. The number of hydrogen-bond donors (Lipinski definition) is 0. The third-order valence-corrected chi connectivity index (χ3v) is 1.64. The van der Waals surface area contributed by atoms with Crippen molar-refractivity contribution in [1.82, 2.24) is 9.97 Å². The van der Waals surface area contributed by atoms with Crippen LogP contribution in [0.2, 0.25) is 0 Å². The van der Waals surface area contributed by atoms with Gasteiger partial charge in [0.2, 0.25) is 0 Å². The van der Waals surface area contributed by atoms with Crippen LogP contribution in [-0.2, 0) is 0 Å². The van der Waals surface area contributed by atoms with Gasteiger partial charge in [-0.15, -0.1) is 0 Å².